The molecule has 0 amide bonds. The summed E-state index contributed by atoms with van der Waals surface area (Å²) in [6.45, 7) is 2.85. The van der Waals surface area contributed by atoms with Crippen molar-refractivity contribution >= 4 is 17.3 Å². The van der Waals surface area contributed by atoms with Crippen LogP contribution in [0.5, 0.6) is 0 Å². The largest absolute Gasteiger partial charge is 0.370 e. The van der Waals surface area contributed by atoms with Gasteiger partial charge in [0.05, 0.1) is 11.6 Å². The Hall–Kier alpha value is -1.10. The van der Waals surface area contributed by atoms with E-state index in [9.17, 15) is 0 Å². The maximum Gasteiger partial charge on any atom is 0.188 e. The molecule has 1 unspecified atom stereocenters. The molecule has 0 aromatic carbocycles. The average Bonchev–Trinajstić information content (AvgIpc) is 2.82. The molecule has 0 aliphatic heterocycles. The van der Waals surface area contributed by atoms with Gasteiger partial charge < -0.3 is 11.1 Å². The molecule has 3 N–H and O–H groups in total. The van der Waals surface area contributed by atoms with Gasteiger partial charge in [-0.05, 0) is 12.8 Å². The van der Waals surface area contributed by atoms with E-state index in [1.54, 1.807) is 11.3 Å². The molecule has 0 bridgehead atoms. The lowest BCUT2D eigenvalue weighted by Crippen LogP contribution is -2.40. The van der Waals surface area contributed by atoms with Crippen molar-refractivity contribution in [1.82, 2.24) is 10.3 Å². The molecule has 1 atom stereocenters. The Morgan fingerprint density at radius 3 is 2.84 bits per heavy atom. The predicted molar refractivity (Wildman–Crippen MR) is 81.6 cm³/mol. The van der Waals surface area contributed by atoms with Crippen molar-refractivity contribution in [2.75, 3.05) is 6.54 Å². The van der Waals surface area contributed by atoms with E-state index >= 15 is 0 Å². The molecule has 5 heteroatoms. The van der Waals surface area contributed by atoms with Crippen molar-refractivity contribution in [3.63, 3.8) is 0 Å². The fraction of sp³-hybridized carbons (Fsp3) is 0.714. The van der Waals surface area contributed by atoms with Gasteiger partial charge in [-0.15, -0.1) is 11.3 Å². The molecule has 19 heavy (non-hydrogen) atoms. The smallest absolute Gasteiger partial charge is 0.188 e. The quantitative estimate of drug-likeness (QED) is 0.506. The number of guanidine groups is 1. The number of rotatable bonds is 4. The summed E-state index contributed by atoms with van der Waals surface area (Å²) in [6, 6.07) is 0.515. The Morgan fingerprint density at radius 1 is 1.47 bits per heavy atom. The van der Waals surface area contributed by atoms with Gasteiger partial charge >= 0.3 is 0 Å². The van der Waals surface area contributed by atoms with Crippen LogP contribution in [0.25, 0.3) is 0 Å². The topological polar surface area (TPSA) is 63.3 Å². The molecule has 1 heterocycles. The molecule has 1 aromatic rings. The number of nitrogens with one attached hydrogen (secondary N) is 1. The second kappa shape index (κ2) is 7.48. The van der Waals surface area contributed by atoms with E-state index in [-0.39, 0.29) is 0 Å². The summed E-state index contributed by atoms with van der Waals surface area (Å²) in [6.07, 6.45) is 9.61. The minimum absolute atomic E-state index is 0.342. The van der Waals surface area contributed by atoms with Crippen LogP contribution in [0.3, 0.4) is 0 Å². The molecule has 0 saturated heterocycles. The molecule has 0 radical (unpaired) electrons. The highest BCUT2D eigenvalue weighted by atomic mass is 32.1. The number of nitrogens with two attached hydrogens (primary N) is 1. The summed E-state index contributed by atoms with van der Waals surface area (Å²) in [5, 5.41) is 6.50. The summed E-state index contributed by atoms with van der Waals surface area (Å²) < 4.78 is 0. The molecule has 1 saturated carbocycles. The van der Waals surface area contributed by atoms with Gasteiger partial charge in [0.25, 0.3) is 0 Å². The lowest BCUT2D eigenvalue weighted by atomic mass is 10.1. The highest BCUT2D eigenvalue weighted by Gasteiger charge is 2.13. The zero-order chi connectivity index (χ0) is 13.5. The number of hydrogen-bond acceptors (Lipinski definition) is 3. The number of thiazole rings is 1. The standard InChI is InChI=1S/C14H24N4S/c1-11(13-16-8-9-19-13)10-17-14(15)18-12-6-4-2-3-5-7-12/h8-9,11-12H,2-7,10H2,1H3,(H3,15,17,18). The van der Waals surface area contributed by atoms with Crippen LogP contribution >= 0.6 is 11.3 Å². The third-order valence-electron chi connectivity index (χ3n) is 3.62. The van der Waals surface area contributed by atoms with Crippen LogP contribution in [-0.4, -0.2) is 23.5 Å². The van der Waals surface area contributed by atoms with Crippen molar-refractivity contribution in [3.05, 3.63) is 16.6 Å². The van der Waals surface area contributed by atoms with Crippen LogP contribution in [0.15, 0.2) is 16.6 Å². The molecule has 2 rings (SSSR count). The van der Waals surface area contributed by atoms with E-state index < -0.39 is 0 Å². The van der Waals surface area contributed by atoms with Crippen LogP contribution in [0, 0.1) is 0 Å². The van der Waals surface area contributed by atoms with Gasteiger partial charge in [0.2, 0.25) is 0 Å². The third-order valence-corrected chi connectivity index (χ3v) is 4.62. The summed E-state index contributed by atoms with van der Waals surface area (Å²) in [7, 11) is 0. The van der Waals surface area contributed by atoms with Crippen LogP contribution in [-0.2, 0) is 0 Å². The second-order valence-electron chi connectivity index (χ2n) is 5.33. The first kappa shape index (κ1) is 14.3. The van der Waals surface area contributed by atoms with Crippen molar-refractivity contribution in [2.24, 2.45) is 10.7 Å². The van der Waals surface area contributed by atoms with Crippen LogP contribution in [0.4, 0.5) is 0 Å². The third kappa shape index (κ3) is 4.82. The predicted octanol–water partition coefficient (Wildman–Crippen LogP) is 2.87. The van der Waals surface area contributed by atoms with Gasteiger partial charge in [0, 0.05) is 23.5 Å². The molecule has 1 aliphatic rings. The summed E-state index contributed by atoms with van der Waals surface area (Å²) in [5.74, 6) is 0.935. The lowest BCUT2D eigenvalue weighted by molar-refractivity contribution is 0.529. The van der Waals surface area contributed by atoms with E-state index in [4.69, 9.17) is 5.73 Å². The molecule has 1 fully saturated rings. The normalized spacial score (nSPS) is 19.9. The Morgan fingerprint density at radius 2 is 2.21 bits per heavy atom. The highest BCUT2D eigenvalue weighted by Crippen LogP contribution is 2.18. The SMILES string of the molecule is CC(CN=C(N)NC1CCCCCC1)c1nccs1. The average molecular weight is 280 g/mol. The van der Waals surface area contributed by atoms with Gasteiger partial charge in [-0.3, -0.25) is 4.99 Å². The maximum atomic E-state index is 5.98. The number of nitrogens with zero attached hydrogens (tertiary/aromatic N) is 2. The van der Waals surface area contributed by atoms with Crippen LogP contribution in [0.2, 0.25) is 0 Å². The first-order chi connectivity index (χ1) is 9.25. The second-order valence-corrected chi connectivity index (χ2v) is 6.26. The number of aromatic nitrogens is 1. The summed E-state index contributed by atoms with van der Waals surface area (Å²) in [4.78, 5) is 8.76. The number of hydrogen-bond donors (Lipinski definition) is 2. The van der Waals surface area contributed by atoms with E-state index in [2.05, 4.69) is 22.2 Å². The first-order valence-electron chi connectivity index (χ1n) is 7.21. The molecule has 106 valence electrons. The van der Waals surface area contributed by atoms with Crippen molar-refractivity contribution < 1.29 is 0 Å². The Balaban J connectivity index is 1.78. The Bertz CT molecular complexity index is 380. The fourth-order valence-electron chi connectivity index (χ4n) is 2.47. The lowest BCUT2D eigenvalue weighted by Gasteiger charge is -2.17. The van der Waals surface area contributed by atoms with Gasteiger partial charge in [-0.25, -0.2) is 4.98 Å². The zero-order valence-electron chi connectivity index (χ0n) is 11.6. The zero-order valence-corrected chi connectivity index (χ0v) is 12.5. The molecular weight excluding hydrogens is 256 g/mol. The van der Waals surface area contributed by atoms with Crippen molar-refractivity contribution in [1.29, 1.82) is 0 Å². The Labute approximate surface area is 119 Å². The monoisotopic (exact) mass is 280 g/mol. The minimum atomic E-state index is 0.342. The molecular formula is C14H24N4S. The van der Waals surface area contributed by atoms with E-state index in [1.165, 1.54) is 38.5 Å². The van der Waals surface area contributed by atoms with E-state index in [0.29, 0.717) is 24.5 Å². The summed E-state index contributed by atoms with van der Waals surface area (Å²) >= 11 is 1.68. The highest BCUT2D eigenvalue weighted by molar-refractivity contribution is 7.09. The maximum absolute atomic E-state index is 5.98. The minimum Gasteiger partial charge on any atom is -0.370 e. The molecule has 1 aliphatic carbocycles. The van der Waals surface area contributed by atoms with Gasteiger partial charge in [-0.1, -0.05) is 32.6 Å². The van der Waals surface area contributed by atoms with Gasteiger partial charge in [0.15, 0.2) is 5.96 Å². The number of aliphatic imine (C=N–C) groups is 1. The first-order valence-corrected chi connectivity index (χ1v) is 8.09. The van der Waals surface area contributed by atoms with E-state index in [0.717, 1.165) is 5.01 Å². The van der Waals surface area contributed by atoms with Crippen LogP contribution < -0.4 is 11.1 Å². The fourth-order valence-corrected chi connectivity index (χ4v) is 3.16. The van der Waals surface area contributed by atoms with Gasteiger partial charge in [0.1, 0.15) is 0 Å². The summed E-state index contributed by atoms with van der Waals surface area (Å²) in [5.41, 5.74) is 5.98. The Kier molecular flexibility index (Phi) is 5.63. The molecule has 1 aromatic heterocycles. The van der Waals surface area contributed by atoms with Gasteiger partial charge in [-0.2, -0.15) is 0 Å². The van der Waals surface area contributed by atoms with Crippen molar-refractivity contribution in [2.45, 2.75) is 57.4 Å². The van der Waals surface area contributed by atoms with Crippen LogP contribution in [0.1, 0.15) is 56.4 Å². The molecule has 4 nitrogen and oxygen atoms in total. The van der Waals surface area contributed by atoms with Crippen molar-refractivity contribution in [3.8, 4) is 0 Å². The van der Waals surface area contributed by atoms with E-state index in [1.807, 2.05) is 11.6 Å². The molecule has 0 spiro atoms.